The SMILES string of the molecule is COc1ccc(CCc2nc(NC(=O)c3ccccn3)n[nH]2)cc1OC. The Morgan fingerprint density at radius 1 is 1.12 bits per heavy atom. The molecular weight excluding hydrogens is 334 g/mol. The van der Waals surface area contributed by atoms with Gasteiger partial charge in [0.2, 0.25) is 5.95 Å². The summed E-state index contributed by atoms with van der Waals surface area (Å²) in [6, 6.07) is 10.9. The molecule has 26 heavy (non-hydrogen) atoms. The lowest BCUT2D eigenvalue weighted by Crippen LogP contribution is -2.14. The number of pyridine rings is 1. The second kappa shape index (κ2) is 8.11. The minimum Gasteiger partial charge on any atom is -0.493 e. The number of aryl methyl sites for hydroxylation is 2. The minimum atomic E-state index is -0.351. The number of rotatable bonds is 7. The Kier molecular flexibility index (Phi) is 5.43. The Hall–Kier alpha value is -3.42. The van der Waals surface area contributed by atoms with Crippen molar-refractivity contribution in [3.05, 3.63) is 59.7 Å². The molecule has 0 spiro atoms. The molecule has 0 radical (unpaired) electrons. The summed E-state index contributed by atoms with van der Waals surface area (Å²) in [6.45, 7) is 0. The van der Waals surface area contributed by atoms with Crippen LogP contribution in [-0.4, -0.2) is 40.3 Å². The van der Waals surface area contributed by atoms with Crippen molar-refractivity contribution >= 4 is 11.9 Å². The second-order valence-corrected chi connectivity index (χ2v) is 5.46. The van der Waals surface area contributed by atoms with E-state index in [9.17, 15) is 4.79 Å². The van der Waals surface area contributed by atoms with Crippen LogP contribution in [0.5, 0.6) is 11.5 Å². The highest BCUT2D eigenvalue weighted by Crippen LogP contribution is 2.27. The summed E-state index contributed by atoms with van der Waals surface area (Å²) in [5, 5.41) is 9.47. The maximum atomic E-state index is 12.0. The van der Waals surface area contributed by atoms with Crippen LogP contribution < -0.4 is 14.8 Å². The predicted octanol–water partition coefficient (Wildman–Crippen LogP) is 2.25. The van der Waals surface area contributed by atoms with E-state index in [0.717, 1.165) is 12.0 Å². The number of carbonyl (C=O) groups is 1. The molecule has 0 aliphatic carbocycles. The summed E-state index contributed by atoms with van der Waals surface area (Å²) in [7, 11) is 3.21. The normalized spacial score (nSPS) is 10.4. The van der Waals surface area contributed by atoms with E-state index < -0.39 is 0 Å². The fraction of sp³-hybridized carbons (Fsp3) is 0.222. The van der Waals surface area contributed by atoms with Gasteiger partial charge in [-0.15, -0.1) is 5.10 Å². The van der Waals surface area contributed by atoms with E-state index in [2.05, 4.69) is 25.5 Å². The van der Waals surface area contributed by atoms with E-state index in [1.165, 1.54) is 0 Å². The van der Waals surface area contributed by atoms with Crippen molar-refractivity contribution in [3.63, 3.8) is 0 Å². The largest absolute Gasteiger partial charge is 0.493 e. The molecule has 0 saturated heterocycles. The molecule has 0 bridgehead atoms. The highest BCUT2D eigenvalue weighted by atomic mass is 16.5. The smallest absolute Gasteiger partial charge is 0.276 e. The van der Waals surface area contributed by atoms with Crippen molar-refractivity contribution in [1.82, 2.24) is 20.2 Å². The Bertz CT molecular complexity index is 880. The molecule has 0 fully saturated rings. The molecule has 8 heteroatoms. The maximum absolute atomic E-state index is 12.0. The first-order valence-electron chi connectivity index (χ1n) is 8.04. The molecule has 0 aliphatic heterocycles. The average molecular weight is 353 g/mol. The highest BCUT2D eigenvalue weighted by Gasteiger charge is 2.11. The molecular formula is C18H19N5O3. The zero-order valence-corrected chi connectivity index (χ0v) is 14.5. The molecule has 1 amide bonds. The lowest BCUT2D eigenvalue weighted by molar-refractivity contribution is 0.102. The molecule has 0 atom stereocenters. The molecule has 3 aromatic rings. The zero-order valence-electron chi connectivity index (χ0n) is 14.5. The number of anilines is 1. The molecule has 3 rings (SSSR count). The molecule has 2 aromatic heterocycles. The number of methoxy groups -OCH3 is 2. The van der Waals surface area contributed by atoms with Crippen LogP contribution in [0.2, 0.25) is 0 Å². The Balaban J connectivity index is 1.59. The molecule has 134 valence electrons. The molecule has 2 heterocycles. The lowest BCUT2D eigenvalue weighted by Gasteiger charge is -2.09. The van der Waals surface area contributed by atoms with E-state index in [1.807, 2.05) is 18.2 Å². The number of H-pyrrole nitrogens is 1. The maximum Gasteiger partial charge on any atom is 0.276 e. The standard InChI is InChI=1S/C18H19N5O3/c1-25-14-8-6-12(11-15(14)26-2)7-9-16-20-18(23-22-16)21-17(24)13-5-3-4-10-19-13/h3-6,8,10-11H,7,9H2,1-2H3,(H2,20,21,22,23,24). The molecule has 1 aromatic carbocycles. The van der Waals surface area contributed by atoms with Crippen LogP contribution in [0, 0.1) is 0 Å². The number of ether oxygens (including phenoxy) is 2. The molecule has 0 aliphatic rings. The summed E-state index contributed by atoms with van der Waals surface area (Å²) >= 11 is 0. The number of aromatic amines is 1. The van der Waals surface area contributed by atoms with Crippen molar-refractivity contribution in [3.8, 4) is 11.5 Å². The van der Waals surface area contributed by atoms with Crippen LogP contribution in [0.25, 0.3) is 0 Å². The minimum absolute atomic E-state index is 0.225. The van der Waals surface area contributed by atoms with Crippen molar-refractivity contribution in [2.24, 2.45) is 0 Å². The van der Waals surface area contributed by atoms with E-state index in [4.69, 9.17) is 9.47 Å². The van der Waals surface area contributed by atoms with Gasteiger partial charge in [0.25, 0.3) is 5.91 Å². The Morgan fingerprint density at radius 2 is 1.96 bits per heavy atom. The van der Waals surface area contributed by atoms with E-state index >= 15 is 0 Å². The number of hydrogen-bond donors (Lipinski definition) is 2. The van der Waals surface area contributed by atoms with Gasteiger partial charge in [-0.2, -0.15) is 4.98 Å². The quantitative estimate of drug-likeness (QED) is 0.675. The summed E-state index contributed by atoms with van der Waals surface area (Å²) in [4.78, 5) is 20.3. The van der Waals surface area contributed by atoms with Crippen LogP contribution in [0.4, 0.5) is 5.95 Å². The number of aromatic nitrogens is 4. The number of nitrogens with one attached hydrogen (secondary N) is 2. The van der Waals surface area contributed by atoms with Crippen LogP contribution >= 0.6 is 0 Å². The molecule has 2 N–H and O–H groups in total. The van der Waals surface area contributed by atoms with E-state index in [-0.39, 0.29) is 11.9 Å². The van der Waals surface area contributed by atoms with Gasteiger partial charge in [-0.05, 0) is 36.2 Å². The third-order valence-corrected chi connectivity index (χ3v) is 3.75. The molecule has 0 saturated carbocycles. The summed E-state index contributed by atoms with van der Waals surface area (Å²) in [5.41, 5.74) is 1.39. The number of nitrogens with zero attached hydrogens (tertiary/aromatic N) is 3. The number of benzene rings is 1. The fourth-order valence-electron chi connectivity index (χ4n) is 2.42. The lowest BCUT2D eigenvalue weighted by atomic mass is 10.1. The Labute approximate surface area is 150 Å². The zero-order chi connectivity index (χ0) is 18.4. The summed E-state index contributed by atoms with van der Waals surface area (Å²) in [6.07, 6.45) is 2.94. The summed E-state index contributed by atoms with van der Waals surface area (Å²) < 4.78 is 10.5. The van der Waals surface area contributed by atoms with Gasteiger partial charge in [-0.1, -0.05) is 12.1 Å². The van der Waals surface area contributed by atoms with Crippen LogP contribution in [0.1, 0.15) is 21.9 Å². The van der Waals surface area contributed by atoms with Gasteiger partial charge in [0.05, 0.1) is 14.2 Å². The van der Waals surface area contributed by atoms with Gasteiger partial charge in [-0.25, -0.2) is 0 Å². The van der Waals surface area contributed by atoms with Gasteiger partial charge in [0.1, 0.15) is 11.5 Å². The van der Waals surface area contributed by atoms with Gasteiger partial charge in [-0.3, -0.25) is 20.2 Å². The van der Waals surface area contributed by atoms with Crippen LogP contribution in [0.15, 0.2) is 42.6 Å². The molecule has 8 nitrogen and oxygen atoms in total. The first kappa shape index (κ1) is 17.4. The highest BCUT2D eigenvalue weighted by molar-refractivity contribution is 6.01. The third-order valence-electron chi connectivity index (χ3n) is 3.75. The number of carbonyl (C=O) groups excluding carboxylic acids is 1. The average Bonchev–Trinajstić information content (AvgIpc) is 3.14. The van der Waals surface area contributed by atoms with E-state index in [0.29, 0.717) is 29.4 Å². The fourth-order valence-corrected chi connectivity index (χ4v) is 2.42. The molecule has 0 unspecified atom stereocenters. The number of hydrogen-bond acceptors (Lipinski definition) is 6. The topological polar surface area (TPSA) is 102 Å². The first-order chi connectivity index (χ1) is 12.7. The van der Waals surface area contributed by atoms with Gasteiger partial charge in [0.15, 0.2) is 11.5 Å². The van der Waals surface area contributed by atoms with Crippen molar-refractivity contribution < 1.29 is 14.3 Å². The van der Waals surface area contributed by atoms with Crippen molar-refractivity contribution in [2.45, 2.75) is 12.8 Å². The van der Waals surface area contributed by atoms with Crippen LogP contribution in [0.3, 0.4) is 0 Å². The van der Waals surface area contributed by atoms with Gasteiger partial charge in [0, 0.05) is 12.6 Å². The third kappa shape index (κ3) is 4.15. The second-order valence-electron chi connectivity index (χ2n) is 5.46. The van der Waals surface area contributed by atoms with Gasteiger partial charge < -0.3 is 9.47 Å². The summed E-state index contributed by atoms with van der Waals surface area (Å²) in [5.74, 6) is 1.93. The van der Waals surface area contributed by atoms with E-state index in [1.54, 1.807) is 38.6 Å². The Morgan fingerprint density at radius 3 is 2.69 bits per heavy atom. The predicted molar refractivity (Wildman–Crippen MR) is 95.5 cm³/mol. The first-order valence-corrected chi connectivity index (χ1v) is 8.04. The van der Waals surface area contributed by atoms with Crippen LogP contribution in [-0.2, 0) is 12.8 Å². The van der Waals surface area contributed by atoms with Gasteiger partial charge >= 0.3 is 0 Å². The van der Waals surface area contributed by atoms with Crippen molar-refractivity contribution in [1.29, 1.82) is 0 Å². The van der Waals surface area contributed by atoms with Crippen molar-refractivity contribution in [2.75, 3.05) is 19.5 Å². The monoisotopic (exact) mass is 353 g/mol. The number of amides is 1.